The van der Waals surface area contributed by atoms with Crippen LogP contribution in [0.25, 0.3) is 0 Å². The van der Waals surface area contributed by atoms with Crippen molar-refractivity contribution in [3.8, 4) is 0 Å². The van der Waals surface area contributed by atoms with Gasteiger partial charge in [-0.15, -0.1) is 0 Å². The SMILES string of the molecule is O=C(O)CCCCCCCCCCCCCCCCCc1cccc(C(=O)O)c1C(=O)O. The van der Waals surface area contributed by atoms with Crippen molar-refractivity contribution in [3.63, 3.8) is 0 Å². The number of hydrogen-bond acceptors (Lipinski definition) is 3. The zero-order valence-corrected chi connectivity index (χ0v) is 19.3. The van der Waals surface area contributed by atoms with Crippen molar-refractivity contribution in [1.29, 1.82) is 0 Å². The number of aryl methyl sites for hydroxylation is 1. The van der Waals surface area contributed by atoms with Crippen LogP contribution in [-0.4, -0.2) is 33.2 Å². The van der Waals surface area contributed by atoms with Crippen LogP contribution in [0.15, 0.2) is 18.2 Å². The highest BCUT2D eigenvalue weighted by molar-refractivity contribution is 6.02. The number of carbonyl (C=O) groups is 3. The molecule has 0 amide bonds. The van der Waals surface area contributed by atoms with E-state index in [-0.39, 0.29) is 11.1 Å². The Morgan fingerprint density at radius 2 is 1.00 bits per heavy atom. The van der Waals surface area contributed by atoms with Crippen LogP contribution in [0.4, 0.5) is 0 Å². The molecular weight excluding hydrogens is 408 g/mol. The van der Waals surface area contributed by atoms with E-state index in [1.165, 1.54) is 63.9 Å². The fraction of sp³-hybridized carbons (Fsp3) is 0.654. The molecule has 0 atom stereocenters. The molecular formula is C26H40O6. The van der Waals surface area contributed by atoms with Crippen molar-refractivity contribution < 1.29 is 29.7 Å². The van der Waals surface area contributed by atoms with E-state index in [1.54, 1.807) is 12.1 Å². The highest BCUT2D eigenvalue weighted by Gasteiger charge is 2.19. The molecule has 1 rings (SSSR count). The predicted octanol–water partition coefficient (Wildman–Crippen LogP) is 6.95. The van der Waals surface area contributed by atoms with Gasteiger partial charge in [-0.1, -0.05) is 95.6 Å². The van der Waals surface area contributed by atoms with Crippen LogP contribution >= 0.6 is 0 Å². The molecule has 0 aromatic heterocycles. The summed E-state index contributed by atoms with van der Waals surface area (Å²) in [5.74, 6) is -3.06. The molecule has 180 valence electrons. The maximum absolute atomic E-state index is 11.5. The van der Waals surface area contributed by atoms with E-state index in [0.717, 1.165) is 38.5 Å². The number of carboxylic acid groups (broad SMARTS) is 3. The molecule has 0 aliphatic heterocycles. The molecule has 0 saturated heterocycles. The lowest BCUT2D eigenvalue weighted by atomic mass is 9.96. The van der Waals surface area contributed by atoms with Crippen LogP contribution in [0.3, 0.4) is 0 Å². The Labute approximate surface area is 192 Å². The lowest BCUT2D eigenvalue weighted by Gasteiger charge is -2.09. The number of unbranched alkanes of at least 4 members (excludes halogenated alkanes) is 14. The summed E-state index contributed by atoms with van der Waals surface area (Å²) in [5, 5.41) is 27.1. The normalized spacial score (nSPS) is 10.9. The Hall–Kier alpha value is -2.37. The summed E-state index contributed by atoms with van der Waals surface area (Å²) in [7, 11) is 0. The second-order valence-corrected chi connectivity index (χ2v) is 8.65. The van der Waals surface area contributed by atoms with Crippen molar-refractivity contribution in [3.05, 3.63) is 34.9 Å². The number of aromatic carboxylic acids is 2. The van der Waals surface area contributed by atoms with Gasteiger partial charge in [-0.05, 0) is 30.9 Å². The second kappa shape index (κ2) is 17.2. The molecule has 6 heteroatoms. The molecule has 0 unspecified atom stereocenters. The van der Waals surface area contributed by atoms with E-state index < -0.39 is 17.9 Å². The number of benzene rings is 1. The maximum atomic E-state index is 11.5. The topological polar surface area (TPSA) is 112 Å². The van der Waals surface area contributed by atoms with Gasteiger partial charge in [-0.2, -0.15) is 0 Å². The number of rotatable bonds is 20. The lowest BCUT2D eigenvalue weighted by molar-refractivity contribution is -0.137. The van der Waals surface area contributed by atoms with E-state index in [2.05, 4.69) is 0 Å². The van der Waals surface area contributed by atoms with Gasteiger partial charge in [0, 0.05) is 6.42 Å². The maximum Gasteiger partial charge on any atom is 0.336 e. The molecule has 1 aromatic carbocycles. The minimum absolute atomic E-state index is 0.0711. The highest BCUT2D eigenvalue weighted by atomic mass is 16.4. The van der Waals surface area contributed by atoms with Crippen molar-refractivity contribution >= 4 is 17.9 Å². The Balaban J connectivity index is 1.98. The van der Waals surface area contributed by atoms with E-state index in [1.807, 2.05) is 0 Å². The van der Waals surface area contributed by atoms with Crippen molar-refractivity contribution in [1.82, 2.24) is 0 Å². The fourth-order valence-corrected chi connectivity index (χ4v) is 4.13. The Morgan fingerprint density at radius 3 is 1.41 bits per heavy atom. The first-order chi connectivity index (χ1) is 15.4. The molecule has 0 saturated carbocycles. The van der Waals surface area contributed by atoms with Crippen LogP contribution in [-0.2, 0) is 11.2 Å². The summed E-state index contributed by atoms with van der Waals surface area (Å²) in [6.07, 6.45) is 18.2. The molecule has 0 bridgehead atoms. The molecule has 0 spiro atoms. The minimum atomic E-state index is -1.20. The van der Waals surface area contributed by atoms with Gasteiger partial charge in [0.25, 0.3) is 0 Å². The highest BCUT2D eigenvalue weighted by Crippen LogP contribution is 2.19. The molecule has 0 aliphatic rings. The third-order valence-electron chi connectivity index (χ3n) is 5.93. The van der Waals surface area contributed by atoms with Crippen LogP contribution in [0.2, 0.25) is 0 Å². The molecule has 0 radical (unpaired) electrons. The van der Waals surface area contributed by atoms with E-state index in [4.69, 9.17) is 5.11 Å². The predicted molar refractivity (Wildman–Crippen MR) is 126 cm³/mol. The summed E-state index contributed by atoms with van der Waals surface area (Å²) in [5.41, 5.74) is 0.404. The minimum Gasteiger partial charge on any atom is -0.481 e. The molecule has 1 aromatic rings. The van der Waals surface area contributed by atoms with Crippen LogP contribution in [0.1, 0.15) is 129 Å². The van der Waals surface area contributed by atoms with Crippen LogP contribution in [0.5, 0.6) is 0 Å². The standard InChI is InChI=1S/C26H40O6/c27-23(28)20-15-13-11-9-7-5-3-1-2-4-6-8-10-12-14-17-21-18-16-19-22(25(29)30)24(21)26(31)32/h16,18-19H,1-15,17,20H2,(H,27,28)(H,29,30)(H,31,32). The van der Waals surface area contributed by atoms with Crippen molar-refractivity contribution in [2.24, 2.45) is 0 Å². The number of hydrogen-bond donors (Lipinski definition) is 3. The van der Waals surface area contributed by atoms with Gasteiger partial charge in [-0.25, -0.2) is 9.59 Å². The summed E-state index contributed by atoms with van der Waals surface area (Å²) in [6, 6.07) is 4.68. The number of aliphatic carboxylic acids is 1. The average molecular weight is 449 g/mol. The summed E-state index contributed by atoms with van der Waals surface area (Å²) < 4.78 is 0. The Kier molecular flexibility index (Phi) is 14.9. The quantitative estimate of drug-likeness (QED) is 0.186. The van der Waals surface area contributed by atoms with E-state index in [9.17, 15) is 24.6 Å². The molecule has 3 N–H and O–H groups in total. The lowest BCUT2D eigenvalue weighted by Crippen LogP contribution is -2.11. The van der Waals surface area contributed by atoms with E-state index in [0.29, 0.717) is 18.4 Å². The molecule has 0 aliphatic carbocycles. The van der Waals surface area contributed by atoms with Crippen LogP contribution in [0, 0.1) is 0 Å². The van der Waals surface area contributed by atoms with E-state index >= 15 is 0 Å². The first-order valence-electron chi connectivity index (χ1n) is 12.2. The third-order valence-corrected chi connectivity index (χ3v) is 5.93. The van der Waals surface area contributed by atoms with Crippen LogP contribution < -0.4 is 0 Å². The smallest absolute Gasteiger partial charge is 0.336 e. The summed E-state index contributed by atoms with van der Waals surface area (Å²) >= 11 is 0. The largest absolute Gasteiger partial charge is 0.481 e. The molecule has 0 fully saturated rings. The zero-order valence-electron chi connectivity index (χ0n) is 19.3. The molecule has 6 nitrogen and oxygen atoms in total. The molecule has 0 heterocycles. The summed E-state index contributed by atoms with van der Waals surface area (Å²) in [6.45, 7) is 0. The average Bonchev–Trinajstić information content (AvgIpc) is 2.75. The van der Waals surface area contributed by atoms with Gasteiger partial charge < -0.3 is 15.3 Å². The summed E-state index contributed by atoms with van der Waals surface area (Å²) in [4.78, 5) is 33.1. The van der Waals surface area contributed by atoms with Gasteiger partial charge in [-0.3, -0.25) is 4.79 Å². The van der Waals surface area contributed by atoms with Gasteiger partial charge in [0.15, 0.2) is 0 Å². The van der Waals surface area contributed by atoms with Crippen molar-refractivity contribution in [2.75, 3.05) is 0 Å². The van der Waals surface area contributed by atoms with Gasteiger partial charge in [0.1, 0.15) is 0 Å². The second-order valence-electron chi connectivity index (χ2n) is 8.65. The Morgan fingerprint density at radius 1 is 0.562 bits per heavy atom. The molecule has 32 heavy (non-hydrogen) atoms. The van der Waals surface area contributed by atoms with Gasteiger partial charge in [0.2, 0.25) is 0 Å². The first-order valence-corrected chi connectivity index (χ1v) is 12.2. The third kappa shape index (κ3) is 12.5. The van der Waals surface area contributed by atoms with Gasteiger partial charge in [0.05, 0.1) is 11.1 Å². The monoisotopic (exact) mass is 448 g/mol. The van der Waals surface area contributed by atoms with Gasteiger partial charge >= 0.3 is 17.9 Å². The van der Waals surface area contributed by atoms with Crippen molar-refractivity contribution in [2.45, 2.75) is 109 Å². The zero-order chi connectivity index (χ0) is 23.6. The fourth-order valence-electron chi connectivity index (χ4n) is 4.13. The first kappa shape index (κ1) is 27.7. The number of carboxylic acids is 3. The Bertz CT molecular complexity index is 698.